The lowest BCUT2D eigenvalue weighted by molar-refractivity contribution is -0.118. The summed E-state index contributed by atoms with van der Waals surface area (Å²) in [5.74, 6) is 0.641. The highest BCUT2D eigenvalue weighted by Crippen LogP contribution is 2.31. The average Bonchev–Trinajstić information content (AvgIpc) is 2.64. The maximum absolute atomic E-state index is 10.7. The molecule has 0 radical (unpaired) electrons. The minimum Gasteiger partial charge on any atom is -0.490 e. The summed E-state index contributed by atoms with van der Waals surface area (Å²) in [6, 6.07) is 5.86. The van der Waals surface area contributed by atoms with Gasteiger partial charge in [0.05, 0.1) is 0 Å². The van der Waals surface area contributed by atoms with Crippen molar-refractivity contribution >= 4 is 5.91 Å². The van der Waals surface area contributed by atoms with Gasteiger partial charge in [-0.05, 0) is 30.5 Å². The number of hydrogen-bond acceptors (Lipinski definition) is 3. The smallest absolute Gasteiger partial charge is 0.217 e. The third-order valence-corrected chi connectivity index (χ3v) is 3.05. The Hall–Kier alpha value is -1.55. The molecule has 1 aromatic rings. The second-order valence-electron chi connectivity index (χ2n) is 4.61. The first kappa shape index (κ1) is 11.9. The largest absolute Gasteiger partial charge is 0.490 e. The molecular formula is C13H18N2O2. The fourth-order valence-corrected chi connectivity index (χ4v) is 2.14. The van der Waals surface area contributed by atoms with Crippen molar-refractivity contribution in [3.05, 3.63) is 29.3 Å². The Morgan fingerprint density at radius 2 is 2.35 bits per heavy atom. The number of fused-ring (bicyclic) bond motifs is 1. The number of carbonyl (C=O) groups is 1. The lowest BCUT2D eigenvalue weighted by atomic mass is 9.99. The molecule has 0 saturated carbocycles. The molecule has 2 rings (SSSR count). The Labute approximate surface area is 101 Å². The van der Waals surface area contributed by atoms with Crippen LogP contribution in [-0.4, -0.2) is 12.0 Å². The highest BCUT2D eigenvalue weighted by atomic mass is 16.5. The van der Waals surface area contributed by atoms with E-state index in [1.807, 2.05) is 19.1 Å². The second kappa shape index (κ2) is 4.75. The molecule has 1 aliphatic rings. The molecule has 4 heteroatoms. The van der Waals surface area contributed by atoms with Crippen molar-refractivity contribution in [3.63, 3.8) is 0 Å². The molecule has 92 valence electrons. The zero-order valence-electron chi connectivity index (χ0n) is 9.98. The van der Waals surface area contributed by atoms with E-state index < -0.39 is 0 Å². The summed E-state index contributed by atoms with van der Waals surface area (Å²) >= 11 is 0. The van der Waals surface area contributed by atoms with E-state index in [-0.39, 0.29) is 18.1 Å². The van der Waals surface area contributed by atoms with E-state index in [1.165, 1.54) is 5.56 Å². The number of ether oxygens (including phenoxy) is 1. The van der Waals surface area contributed by atoms with Crippen LogP contribution in [0, 0.1) is 0 Å². The van der Waals surface area contributed by atoms with Crippen LogP contribution in [0.15, 0.2) is 18.2 Å². The fourth-order valence-electron chi connectivity index (χ4n) is 2.14. The third kappa shape index (κ3) is 2.77. The molecular weight excluding hydrogens is 216 g/mol. The molecule has 0 aliphatic carbocycles. The Morgan fingerprint density at radius 1 is 1.59 bits per heavy atom. The summed E-state index contributed by atoms with van der Waals surface area (Å²) in [4.78, 5) is 10.7. The average molecular weight is 234 g/mol. The molecule has 0 saturated heterocycles. The van der Waals surface area contributed by atoms with Crippen LogP contribution in [0.1, 0.15) is 36.9 Å². The first-order chi connectivity index (χ1) is 8.06. The van der Waals surface area contributed by atoms with Crippen LogP contribution in [0.25, 0.3) is 0 Å². The van der Waals surface area contributed by atoms with E-state index in [1.54, 1.807) is 0 Å². The van der Waals surface area contributed by atoms with Gasteiger partial charge in [-0.1, -0.05) is 12.1 Å². The summed E-state index contributed by atoms with van der Waals surface area (Å²) in [6.45, 7) is 2.05. The van der Waals surface area contributed by atoms with Gasteiger partial charge >= 0.3 is 0 Å². The number of hydrogen-bond donors (Lipinski definition) is 2. The maximum atomic E-state index is 10.7. The van der Waals surface area contributed by atoms with Crippen molar-refractivity contribution in [2.24, 2.45) is 11.5 Å². The summed E-state index contributed by atoms with van der Waals surface area (Å²) in [7, 11) is 0. The van der Waals surface area contributed by atoms with E-state index in [4.69, 9.17) is 16.2 Å². The van der Waals surface area contributed by atoms with Crippen LogP contribution in [0.5, 0.6) is 5.75 Å². The fraction of sp³-hybridized carbons (Fsp3) is 0.462. The van der Waals surface area contributed by atoms with Crippen LogP contribution in [0.2, 0.25) is 0 Å². The summed E-state index contributed by atoms with van der Waals surface area (Å²) < 4.78 is 5.62. The summed E-state index contributed by atoms with van der Waals surface area (Å²) in [5, 5.41) is 0. The SMILES string of the molecule is CC1Cc2cc(C(N)CCC(N)=O)ccc2O1. The highest BCUT2D eigenvalue weighted by Gasteiger charge is 2.20. The van der Waals surface area contributed by atoms with Crippen LogP contribution in [0.3, 0.4) is 0 Å². The predicted octanol–water partition coefficient (Wildman–Crippen LogP) is 1.28. The number of carbonyl (C=O) groups excluding carboxylic acids is 1. The summed E-state index contributed by atoms with van der Waals surface area (Å²) in [5.41, 5.74) is 13.4. The molecule has 1 aliphatic heterocycles. The topological polar surface area (TPSA) is 78.3 Å². The number of nitrogens with two attached hydrogens (primary N) is 2. The Balaban J connectivity index is 2.07. The van der Waals surface area contributed by atoms with E-state index in [0.29, 0.717) is 12.8 Å². The van der Waals surface area contributed by atoms with Gasteiger partial charge in [0.25, 0.3) is 0 Å². The van der Waals surface area contributed by atoms with Crippen LogP contribution < -0.4 is 16.2 Å². The van der Waals surface area contributed by atoms with Crippen molar-refractivity contribution in [3.8, 4) is 5.75 Å². The first-order valence-corrected chi connectivity index (χ1v) is 5.89. The number of amides is 1. The maximum Gasteiger partial charge on any atom is 0.217 e. The van der Waals surface area contributed by atoms with Gasteiger partial charge in [-0.2, -0.15) is 0 Å². The number of primary amides is 1. The Kier molecular flexibility index (Phi) is 3.33. The number of rotatable bonds is 4. The van der Waals surface area contributed by atoms with Gasteiger partial charge in [-0.3, -0.25) is 4.79 Å². The second-order valence-corrected chi connectivity index (χ2v) is 4.61. The van der Waals surface area contributed by atoms with Gasteiger partial charge in [0.15, 0.2) is 0 Å². The number of benzene rings is 1. The molecule has 4 nitrogen and oxygen atoms in total. The van der Waals surface area contributed by atoms with Gasteiger partial charge in [0, 0.05) is 18.9 Å². The van der Waals surface area contributed by atoms with Crippen LogP contribution in [0.4, 0.5) is 0 Å². The lowest BCUT2D eigenvalue weighted by Gasteiger charge is -2.12. The Morgan fingerprint density at radius 3 is 3.06 bits per heavy atom. The van der Waals surface area contributed by atoms with E-state index in [0.717, 1.165) is 17.7 Å². The zero-order chi connectivity index (χ0) is 12.4. The molecule has 4 N–H and O–H groups in total. The van der Waals surface area contributed by atoms with Gasteiger partial charge in [0.1, 0.15) is 11.9 Å². The quantitative estimate of drug-likeness (QED) is 0.823. The lowest BCUT2D eigenvalue weighted by Crippen LogP contribution is -2.16. The predicted molar refractivity (Wildman–Crippen MR) is 65.6 cm³/mol. The molecule has 0 fully saturated rings. The molecule has 1 heterocycles. The van der Waals surface area contributed by atoms with Gasteiger partial charge in [-0.15, -0.1) is 0 Å². The minimum absolute atomic E-state index is 0.135. The molecule has 0 aromatic heterocycles. The van der Waals surface area contributed by atoms with Crippen LogP contribution >= 0.6 is 0 Å². The van der Waals surface area contributed by atoms with E-state index in [2.05, 4.69) is 6.07 Å². The van der Waals surface area contributed by atoms with Crippen molar-refractivity contribution in [2.45, 2.75) is 38.3 Å². The summed E-state index contributed by atoms with van der Waals surface area (Å²) in [6.07, 6.45) is 2.07. The molecule has 1 amide bonds. The minimum atomic E-state index is -0.307. The van der Waals surface area contributed by atoms with Crippen LogP contribution in [-0.2, 0) is 11.2 Å². The van der Waals surface area contributed by atoms with Gasteiger partial charge < -0.3 is 16.2 Å². The molecule has 17 heavy (non-hydrogen) atoms. The molecule has 1 aromatic carbocycles. The van der Waals surface area contributed by atoms with E-state index in [9.17, 15) is 4.79 Å². The van der Waals surface area contributed by atoms with Crippen molar-refractivity contribution in [1.29, 1.82) is 0 Å². The van der Waals surface area contributed by atoms with Gasteiger partial charge in [-0.25, -0.2) is 0 Å². The standard InChI is InChI=1S/C13H18N2O2/c1-8-6-10-7-9(2-4-12(10)17-8)11(14)3-5-13(15)16/h2,4,7-8,11H,3,5-6,14H2,1H3,(H2,15,16). The zero-order valence-corrected chi connectivity index (χ0v) is 9.98. The van der Waals surface area contributed by atoms with E-state index >= 15 is 0 Å². The monoisotopic (exact) mass is 234 g/mol. The molecule has 0 bridgehead atoms. The molecule has 0 spiro atoms. The highest BCUT2D eigenvalue weighted by molar-refractivity contribution is 5.73. The van der Waals surface area contributed by atoms with Crippen molar-refractivity contribution in [2.75, 3.05) is 0 Å². The van der Waals surface area contributed by atoms with Crippen molar-refractivity contribution < 1.29 is 9.53 Å². The molecule has 2 atom stereocenters. The van der Waals surface area contributed by atoms with Gasteiger partial charge in [0.2, 0.25) is 5.91 Å². The normalized spacial score (nSPS) is 19.5. The Bertz CT molecular complexity index is 431. The molecule has 2 unspecified atom stereocenters. The third-order valence-electron chi connectivity index (χ3n) is 3.05. The van der Waals surface area contributed by atoms with Crippen molar-refractivity contribution in [1.82, 2.24) is 0 Å². The first-order valence-electron chi connectivity index (χ1n) is 5.89.